The molecule has 1 heterocycles. The Balaban J connectivity index is 1.82. The molecule has 0 fully saturated rings. The first-order valence-electron chi connectivity index (χ1n) is 7.46. The Bertz CT molecular complexity index is 788. The number of benzene rings is 2. The molecule has 1 aliphatic heterocycles. The van der Waals surface area contributed by atoms with Gasteiger partial charge in [0.05, 0.1) is 0 Å². The van der Waals surface area contributed by atoms with Crippen LogP contribution in [0.3, 0.4) is 0 Å². The molecule has 2 aromatic rings. The number of para-hydroxylation sites is 1. The first-order chi connectivity index (χ1) is 11.0. The van der Waals surface area contributed by atoms with Crippen molar-refractivity contribution in [1.82, 2.24) is 0 Å². The van der Waals surface area contributed by atoms with Crippen molar-refractivity contribution in [2.75, 3.05) is 10.2 Å². The Labute approximate surface area is 143 Å². The van der Waals surface area contributed by atoms with E-state index in [4.69, 9.17) is 0 Å². The minimum absolute atomic E-state index is 0.0170. The van der Waals surface area contributed by atoms with E-state index < -0.39 is 11.8 Å². The van der Waals surface area contributed by atoms with E-state index in [9.17, 15) is 9.59 Å². The fourth-order valence-corrected chi connectivity index (χ4v) is 3.40. The minimum atomic E-state index is -0.612. The average molecular weight is 373 g/mol. The van der Waals surface area contributed by atoms with Gasteiger partial charge in [-0.2, -0.15) is 0 Å². The summed E-state index contributed by atoms with van der Waals surface area (Å²) in [7, 11) is 0. The lowest BCUT2D eigenvalue weighted by Crippen LogP contribution is -2.43. The number of carbonyl (C=O) groups excluding carboxylic acids is 2. The van der Waals surface area contributed by atoms with Gasteiger partial charge in [0, 0.05) is 21.9 Å². The molecule has 0 aliphatic carbocycles. The zero-order valence-corrected chi connectivity index (χ0v) is 14.6. The number of fused-ring (bicyclic) bond motifs is 1. The summed E-state index contributed by atoms with van der Waals surface area (Å²) in [5.74, 6) is -1.14. The molecule has 118 valence electrons. The molecule has 0 bridgehead atoms. The van der Waals surface area contributed by atoms with Gasteiger partial charge in [-0.05, 0) is 55.7 Å². The van der Waals surface area contributed by atoms with E-state index in [1.807, 2.05) is 50.2 Å². The first-order valence-corrected chi connectivity index (χ1v) is 8.25. The molecule has 0 radical (unpaired) electrons. The monoisotopic (exact) mass is 372 g/mol. The van der Waals surface area contributed by atoms with Crippen molar-refractivity contribution in [1.29, 1.82) is 0 Å². The average Bonchev–Trinajstić information content (AvgIpc) is 2.85. The van der Waals surface area contributed by atoms with Crippen LogP contribution in [0.1, 0.15) is 18.1 Å². The number of anilines is 2. The van der Waals surface area contributed by atoms with E-state index in [0.717, 1.165) is 27.7 Å². The van der Waals surface area contributed by atoms with Gasteiger partial charge in [0.15, 0.2) is 0 Å². The maximum atomic E-state index is 12.6. The molecule has 23 heavy (non-hydrogen) atoms. The number of hydrogen-bond donors (Lipinski definition) is 1. The second-order valence-corrected chi connectivity index (χ2v) is 6.69. The molecule has 2 amide bonds. The molecule has 1 N–H and O–H groups in total. The highest BCUT2D eigenvalue weighted by Gasteiger charge is 2.34. The minimum Gasteiger partial charge on any atom is -0.318 e. The maximum Gasteiger partial charge on any atom is 0.316 e. The van der Waals surface area contributed by atoms with Crippen molar-refractivity contribution >= 4 is 39.1 Å². The van der Waals surface area contributed by atoms with Gasteiger partial charge >= 0.3 is 11.8 Å². The largest absolute Gasteiger partial charge is 0.318 e. The summed E-state index contributed by atoms with van der Waals surface area (Å²) in [6.45, 7) is 3.84. The molecule has 1 atom stereocenters. The third kappa shape index (κ3) is 3.01. The molecule has 3 rings (SSSR count). The van der Waals surface area contributed by atoms with Crippen LogP contribution in [0.5, 0.6) is 0 Å². The zero-order valence-electron chi connectivity index (χ0n) is 13.0. The number of hydrogen-bond acceptors (Lipinski definition) is 2. The summed E-state index contributed by atoms with van der Waals surface area (Å²) >= 11 is 3.38. The molecular formula is C18H17BrN2O2. The molecule has 0 saturated heterocycles. The Hall–Kier alpha value is -2.14. The number of nitrogens with one attached hydrogen (secondary N) is 1. The highest BCUT2D eigenvalue weighted by atomic mass is 79.9. The molecule has 2 aromatic carbocycles. The molecule has 0 saturated carbocycles. The van der Waals surface area contributed by atoms with Crippen LogP contribution < -0.4 is 10.2 Å². The molecule has 1 unspecified atom stereocenters. The predicted molar refractivity (Wildman–Crippen MR) is 94.6 cm³/mol. The second kappa shape index (κ2) is 6.16. The quantitative estimate of drug-likeness (QED) is 0.776. The van der Waals surface area contributed by atoms with Crippen LogP contribution in [0.15, 0.2) is 46.9 Å². The van der Waals surface area contributed by atoms with Gasteiger partial charge < -0.3 is 10.2 Å². The Morgan fingerprint density at radius 2 is 1.96 bits per heavy atom. The zero-order chi connectivity index (χ0) is 16.6. The topological polar surface area (TPSA) is 49.4 Å². The fourth-order valence-electron chi connectivity index (χ4n) is 2.93. The molecule has 1 aliphatic rings. The van der Waals surface area contributed by atoms with Gasteiger partial charge in [0.25, 0.3) is 0 Å². The number of nitrogens with zero attached hydrogens (tertiary/aromatic N) is 1. The van der Waals surface area contributed by atoms with Gasteiger partial charge in [-0.3, -0.25) is 9.59 Å². The third-order valence-corrected chi connectivity index (χ3v) is 4.55. The predicted octanol–water partition coefficient (Wildman–Crippen LogP) is 3.67. The van der Waals surface area contributed by atoms with Crippen molar-refractivity contribution in [3.63, 3.8) is 0 Å². The second-order valence-electron chi connectivity index (χ2n) is 5.77. The molecule has 5 heteroatoms. The van der Waals surface area contributed by atoms with Gasteiger partial charge in [-0.1, -0.05) is 34.1 Å². The van der Waals surface area contributed by atoms with Crippen LogP contribution in [-0.2, 0) is 16.0 Å². The van der Waals surface area contributed by atoms with Crippen LogP contribution in [0, 0.1) is 6.92 Å². The normalized spacial score (nSPS) is 16.1. The summed E-state index contributed by atoms with van der Waals surface area (Å²) in [5, 5.41) is 2.71. The van der Waals surface area contributed by atoms with E-state index in [-0.39, 0.29) is 6.04 Å². The van der Waals surface area contributed by atoms with Crippen molar-refractivity contribution in [3.05, 3.63) is 58.1 Å². The van der Waals surface area contributed by atoms with Crippen LogP contribution in [0.25, 0.3) is 0 Å². The maximum absolute atomic E-state index is 12.6. The number of aryl methyl sites for hydroxylation is 1. The summed E-state index contributed by atoms with van der Waals surface area (Å²) in [6, 6.07) is 13.2. The van der Waals surface area contributed by atoms with Gasteiger partial charge in [0.1, 0.15) is 0 Å². The lowest BCUT2D eigenvalue weighted by molar-refractivity contribution is -0.134. The van der Waals surface area contributed by atoms with Gasteiger partial charge in [-0.15, -0.1) is 0 Å². The molecule has 0 aromatic heterocycles. The lowest BCUT2D eigenvalue weighted by Gasteiger charge is -2.22. The first kappa shape index (κ1) is 15.7. The summed E-state index contributed by atoms with van der Waals surface area (Å²) in [6.07, 6.45) is 0.770. The number of halogens is 1. The fraction of sp³-hybridized carbons (Fsp3) is 0.222. The molecular weight excluding hydrogens is 356 g/mol. The van der Waals surface area contributed by atoms with Crippen LogP contribution in [0.2, 0.25) is 0 Å². The van der Waals surface area contributed by atoms with Crippen LogP contribution in [-0.4, -0.2) is 17.9 Å². The Morgan fingerprint density at radius 3 is 2.70 bits per heavy atom. The van der Waals surface area contributed by atoms with Crippen LogP contribution >= 0.6 is 15.9 Å². The van der Waals surface area contributed by atoms with E-state index in [2.05, 4.69) is 21.2 Å². The van der Waals surface area contributed by atoms with E-state index >= 15 is 0 Å². The van der Waals surface area contributed by atoms with Gasteiger partial charge in [0.2, 0.25) is 0 Å². The number of amides is 2. The third-order valence-electron chi connectivity index (χ3n) is 4.06. The van der Waals surface area contributed by atoms with E-state index in [0.29, 0.717) is 5.69 Å². The van der Waals surface area contributed by atoms with Gasteiger partial charge in [-0.25, -0.2) is 0 Å². The summed E-state index contributed by atoms with van der Waals surface area (Å²) < 4.78 is 0.932. The van der Waals surface area contributed by atoms with Crippen molar-refractivity contribution in [3.8, 4) is 0 Å². The van der Waals surface area contributed by atoms with Crippen molar-refractivity contribution in [2.45, 2.75) is 26.3 Å². The lowest BCUT2D eigenvalue weighted by atomic mass is 10.1. The number of rotatable bonds is 1. The van der Waals surface area contributed by atoms with E-state index in [1.54, 1.807) is 11.0 Å². The summed E-state index contributed by atoms with van der Waals surface area (Å²) in [4.78, 5) is 26.6. The standard InChI is InChI=1S/C18H17BrN2O2/c1-11-9-14(19)7-8-15(11)20-17(22)18(23)21-12(2)10-13-5-3-4-6-16(13)21/h3-9,12H,10H2,1-2H3,(H,20,22). The van der Waals surface area contributed by atoms with Crippen molar-refractivity contribution in [2.24, 2.45) is 0 Å². The Morgan fingerprint density at radius 1 is 1.22 bits per heavy atom. The summed E-state index contributed by atoms with van der Waals surface area (Å²) in [5.41, 5.74) is 3.47. The van der Waals surface area contributed by atoms with Crippen molar-refractivity contribution < 1.29 is 9.59 Å². The Kier molecular flexibility index (Phi) is 4.22. The highest BCUT2D eigenvalue weighted by molar-refractivity contribution is 9.10. The van der Waals surface area contributed by atoms with E-state index in [1.165, 1.54) is 0 Å². The molecule has 0 spiro atoms. The highest BCUT2D eigenvalue weighted by Crippen LogP contribution is 2.32. The van der Waals surface area contributed by atoms with Crippen LogP contribution in [0.4, 0.5) is 11.4 Å². The smallest absolute Gasteiger partial charge is 0.316 e. The number of carbonyl (C=O) groups is 2. The molecule has 4 nitrogen and oxygen atoms in total. The SMILES string of the molecule is Cc1cc(Br)ccc1NC(=O)C(=O)N1c2ccccc2CC1C.